The van der Waals surface area contributed by atoms with Crippen LogP contribution in [0.15, 0.2) is 91.9 Å². The van der Waals surface area contributed by atoms with E-state index in [1.165, 1.54) is 23.9 Å². The van der Waals surface area contributed by atoms with Crippen LogP contribution >= 0.6 is 0 Å². The summed E-state index contributed by atoms with van der Waals surface area (Å²) in [6.07, 6.45) is 6.04. The maximum Gasteiger partial charge on any atom is 0.246 e. The molecule has 0 saturated carbocycles. The molecule has 0 unspecified atom stereocenters. The van der Waals surface area contributed by atoms with E-state index in [9.17, 15) is 9.18 Å². The SMILES string of the molecule is C=CC(=O)N1CCN(Cc2ccc(-n3c(-c4cccnc4N)cc4cnc(-c5ccc(F)cn5)cc43)cc2)CC1. The quantitative estimate of drug-likeness (QED) is 0.318. The Morgan fingerprint density at radius 2 is 1.73 bits per heavy atom. The predicted molar refractivity (Wildman–Crippen MR) is 154 cm³/mol. The first-order valence-corrected chi connectivity index (χ1v) is 13.1. The zero-order valence-corrected chi connectivity index (χ0v) is 21.9. The van der Waals surface area contributed by atoms with Crippen molar-refractivity contribution >= 4 is 22.6 Å². The number of halogens is 1. The monoisotopic (exact) mass is 533 g/mol. The first kappa shape index (κ1) is 25.4. The minimum Gasteiger partial charge on any atom is -0.383 e. The number of nitrogens with two attached hydrogens (primary N) is 1. The molecule has 4 aromatic heterocycles. The summed E-state index contributed by atoms with van der Waals surface area (Å²) in [5, 5.41) is 0.931. The predicted octanol–water partition coefficient (Wildman–Crippen LogP) is 4.70. The lowest BCUT2D eigenvalue weighted by Gasteiger charge is -2.34. The highest BCUT2D eigenvalue weighted by Gasteiger charge is 2.20. The molecule has 2 N–H and O–H groups in total. The number of pyridine rings is 3. The molecule has 0 bridgehead atoms. The van der Waals surface area contributed by atoms with Gasteiger partial charge in [-0.05, 0) is 60.2 Å². The van der Waals surface area contributed by atoms with Crippen LogP contribution in [0.4, 0.5) is 10.2 Å². The number of carbonyl (C=O) groups excluding carboxylic acids is 1. The summed E-state index contributed by atoms with van der Waals surface area (Å²) in [7, 11) is 0. The van der Waals surface area contributed by atoms with Crippen molar-refractivity contribution < 1.29 is 9.18 Å². The summed E-state index contributed by atoms with van der Waals surface area (Å²) in [6, 6.07) is 19.3. The van der Waals surface area contributed by atoms with E-state index in [0.717, 1.165) is 47.5 Å². The van der Waals surface area contributed by atoms with Crippen LogP contribution in [-0.4, -0.2) is 61.4 Å². The summed E-state index contributed by atoms with van der Waals surface area (Å²) < 4.78 is 15.6. The number of aromatic nitrogens is 4. The van der Waals surface area contributed by atoms with Crippen molar-refractivity contribution in [1.82, 2.24) is 29.3 Å². The number of amides is 1. The molecule has 9 heteroatoms. The molecule has 1 saturated heterocycles. The molecule has 0 spiro atoms. The number of benzene rings is 1. The van der Waals surface area contributed by atoms with Crippen LogP contribution in [0, 0.1) is 5.82 Å². The molecular weight excluding hydrogens is 505 g/mol. The fourth-order valence-electron chi connectivity index (χ4n) is 5.14. The summed E-state index contributed by atoms with van der Waals surface area (Å²) >= 11 is 0. The topological polar surface area (TPSA) is 93.2 Å². The third kappa shape index (κ3) is 4.94. The number of nitrogen functional groups attached to an aromatic ring is 1. The Hall–Kier alpha value is -4.89. The first-order chi connectivity index (χ1) is 19.5. The molecule has 40 heavy (non-hydrogen) atoms. The van der Waals surface area contributed by atoms with Gasteiger partial charge in [-0.1, -0.05) is 18.7 Å². The van der Waals surface area contributed by atoms with Gasteiger partial charge in [-0.3, -0.25) is 19.7 Å². The number of fused-ring (bicyclic) bond motifs is 1. The van der Waals surface area contributed by atoms with Crippen LogP contribution in [0.2, 0.25) is 0 Å². The van der Waals surface area contributed by atoms with E-state index in [-0.39, 0.29) is 5.91 Å². The van der Waals surface area contributed by atoms with Crippen molar-refractivity contribution in [3.8, 4) is 28.3 Å². The Labute approximate surface area is 231 Å². The van der Waals surface area contributed by atoms with Crippen molar-refractivity contribution in [2.24, 2.45) is 0 Å². The molecule has 0 aliphatic carbocycles. The highest BCUT2D eigenvalue weighted by Crippen LogP contribution is 2.35. The average Bonchev–Trinajstić information content (AvgIpc) is 3.37. The van der Waals surface area contributed by atoms with Gasteiger partial charge in [-0.25, -0.2) is 9.37 Å². The molecule has 1 fully saturated rings. The third-order valence-electron chi connectivity index (χ3n) is 7.25. The van der Waals surface area contributed by atoms with Gasteiger partial charge in [0.1, 0.15) is 11.6 Å². The van der Waals surface area contributed by atoms with Gasteiger partial charge in [0, 0.05) is 61.8 Å². The van der Waals surface area contributed by atoms with Crippen LogP contribution in [0.3, 0.4) is 0 Å². The van der Waals surface area contributed by atoms with Gasteiger partial charge in [0.05, 0.1) is 28.8 Å². The van der Waals surface area contributed by atoms with E-state index in [1.54, 1.807) is 18.5 Å². The number of anilines is 1. The zero-order valence-electron chi connectivity index (χ0n) is 21.9. The summed E-state index contributed by atoms with van der Waals surface area (Å²) in [5.41, 5.74) is 12.3. The normalized spacial score (nSPS) is 14.0. The standard InChI is InChI=1S/C31H28FN7O/c1-2-30(40)38-14-12-37(13-15-38)20-21-5-8-24(9-6-21)39-28-17-27(26-10-7-23(32)19-36-26)35-18-22(28)16-29(39)25-4-3-11-34-31(25)33/h2-11,16-19H,1,12-15,20H2,(H2,33,34). The maximum absolute atomic E-state index is 13.5. The molecule has 1 aliphatic rings. The average molecular weight is 534 g/mol. The summed E-state index contributed by atoms with van der Waals surface area (Å²) in [5.74, 6) is 0.0296. The highest BCUT2D eigenvalue weighted by molar-refractivity contribution is 5.92. The number of hydrogen-bond acceptors (Lipinski definition) is 6. The van der Waals surface area contributed by atoms with Gasteiger partial charge in [0.2, 0.25) is 5.91 Å². The van der Waals surface area contributed by atoms with E-state index >= 15 is 0 Å². The number of hydrogen-bond donors (Lipinski definition) is 1. The van der Waals surface area contributed by atoms with Crippen LogP contribution in [0.5, 0.6) is 0 Å². The fraction of sp³-hybridized carbons (Fsp3) is 0.161. The summed E-state index contributed by atoms with van der Waals surface area (Å²) in [4.78, 5) is 29.2. The Kier molecular flexibility index (Phi) is 6.79. The molecule has 5 aromatic rings. The van der Waals surface area contributed by atoms with Crippen LogP contribution in [0.1, 0.15) is 5.56 Å². The Morgan fingerprint density at radius 3 is 2.42 bits per heavy atom. The van der Waals surface area contributed by atoms with Crippen molar-refractivity contribution in [2.45, 2.75) is 6.54 Å². The number of rotatable bonds is 6. The van der Waals surface area contributed by atoms with E-state index < -0.39 is 5.82 Å². The first-order valence-electron chi connectivity index (χ1n) is 13.1. The van der Waals surface area contributed by atoms with Gasteiger partial charge in [-0.15, -0.1) is 0 Å². The lowest BCUT2D eigenvalue weighted by Crippen LogP contribution is -2.47. The highest BCUT2D eigenvalue weighted by atomic mass is 19.1. The molecule has 0 atom stereocenters. The van der Waals surface area contributed by atoms with Crippen LogP contribution < -0.4 is 5.73 Å². The molecular formula is C31H28FN7O. The van der Waals surface area contributed by atoms with Gasteiger partial charge in [0.15, 0.2) is 0 Å². The molecule has 6 rings (SSSR count). The second kappa shape index (κ2) is 10.7. The van der Waals surface area contributed by atoms with Crippen LogP contribution in [0.25, 0.3) is 39.2 Å². The van der Waals surface area contributed by atoms with Gasteiger partial charge in [0.25, 0.3) is 0 Å². The van der Waals surface area contributed by atoms with Gasteiger partial charge < -0.3 is 15.2 Å². The molecule has 1 aromatic carbocycles. The number of piperazine rings is 1. The minimum absolute atomic E-state index is 0.0124. The molecule has 0 radical (unpaired) electrons. The summed E-state index contributed by atoms with van der Waals surface area (Å²) in [6.45, 7) is 7.43. The van der Waals surface area contributed by atoms with Crippen molar-refractivity contribution in [2.75, 3.05) is 31.9 Å². The zero-order chi connectivity index (χ0) is 27.6. The van der Waals surface area contributed by atoms with Gasteiger partial charge >= 0.3 is 0 Å². The van der Waals surface area contributed by atoms with Crippen LogP contribution in [-0.2, 0) is 11.3 Å². The largest absolute Gasteiger partial charge is 0.383 e. The van der Waals surface area contributed by atoms with Crippen molar-refractivity contribution in [1.29, 1.82) is 0 Å². The Bertz CT molecular complexity index is 1690. The molecule has 8 nitrogen and oxygen atoms in total. The van der Waals surface area contributed by atoms with Crippen molar-refractivity contribution in [3.05, 3.63) is 103 Å². The number of nitrogens with zero attached hydrogens (tertiary/aromatic N) is 6. The Morgan fingerprint density at radius 1 is 0.950 bits per heavy atom. The molecule has 1 aliphatic heterocycles. The lowest BCUT2D eigenvalue weighted by atomic mass is 10.1. The molecule has 200 valence electrons. The number of carbonyl (C=O) groups is 1. The Balaban J connectivity index is 1.35. The van der Waals surface area contributed by atoms with Crippen molar-refractivity contribution in [3.63, 3.8) is 0 Å². The van der Waals surface area contributed by atoms with E-state index in [0.29, 0.717) is 30.3 Å². The fourth-order valence-corrected chi connectivity index (χ4v) is 5.14. The van der Waals surface area contributed by atoms with E-state index in [2.05, 4.69) is 61.3 Å². The molecule has 5 heterocycles. The van der Waals surface area contributed by atoms with E-state index in [1.807, 2.05) is 23.1 Å². The maximum atomic E-state index is 13.5. The lowest BCUT2D eigenvalue weighted by molar-refractivity contribution is -0.127. The minimum atomic E-state index is -0.394. The second-order valence-electron chi connectivity index (χ2n) is 9.76. The smallest absolute Gasteiger partial charge is 0.246 e. The van der Waals surface area contributed by atoms with E-state index in [4.69, 9.17) is 5.73 Å². The van der Waals surface area contributed by atoms with Gasteiger partial charge in [-0.2, -0.15) is 0 Å². The third-order valence-corrected chi connectivity index (χ3v) is 7.25. The second-order valence-corrected chi connectivity index (χ2v) is 9.76. The molecule has 1 amide bonds.